The fraction of sp³-hybridized carbons (Fsp3) is 0.389. The van der Waals surface area contributed by atoms with Gasteiger partial charge in [0, 0.05) is 24.9 Å². The number of hydrogen-bond acceptors (Lipinski definition) is 3. The number of aromatic nitrogens is 1. The molecule has 132 valence electrons. The highest BCUT2D eigenvalue weighted by atomic mass is 19.1. The molecule has 2 aromatic rings. The van der Waals surface area contributed by atoms with Crippen molar-refractivity contribution in [2.24, 2.45) is 0 Å². The number of carboxylic acid groups (broad SMARTS) is 1. The number of amides is 1. The summed E-state index contributed by atoms with van der Waals surface area (Å²) in [6.07, 6.45) is 1.71. The van der Waals surface area contributed by atoms with E-state index < -0.39 is 17.3 Å². The van der Waals surface area contributed by atoms with Crippen LogP contribution in [0.15, 0.2) is 23.0 Å². The van der Waals surface area contributed by atoms with Crippen LogP contribution in [0.1, 0.15) is 42.2 Å². The Kier molecular flexibility index (Phi) is 4.57. The third-order valence-corrected chi connectivity index (χ3v) is 4.53. The fourth-order valence-electron chi connectivity index (χ4n) is 3.41. The zero-order chi connectivity index (χ0) is 18.1. The van der Waals surface area contributed by atoms with E-state index in [0.717, 1.165) is 6.07 Å². The molecular formula is C18H19FN2O4. The van der Waals surface area contributed by atoms with Gasteiger partial charge < -0.3 is 14.6 Å². The molecule has 0 spiro atoms. The highest BCUT2D eigenvalue weighted by Crippen LogP contribution is 2.25. The van der Waals surface area contributed by atoms with Gasteiger partial charge in [0.1, 0.15) is 5.82 Å². The first kappa shape index (κ1) is 17.1. The molecule has 1 N–H and O–H groups in total. The lowest BCUT2D eigenvalue weighted by molar-refractivity contribution is -0.128. The van der Waals surface area contributed by atoms with Crippen LogP contribution in [0.5, 0.6) is 0 Å². The van der Waals surface area contributed by atoms with Crippen LogP contribution in [-0.2, 0) is 17.9 Å². The minimum absolute atomic E-state index is 0.0438. The summed E-state index contributed by atoms with van der Waals surface area (Å²) in [4.78, 5) is 38.3. The van der Waals surface area contributed by atoms with E-state index in [0.29, 0.717) is 25.8 Å². The molecule has 1 amide bonds. The van der Waals surface area contributed by atoms with E-state index in [1.165, 1.54) is 16.7 Å². The Bertz CT molecular complexity index is 919. The van der Waals surface area contributed by atoms with Gasteiger partial charge in [-0.05, 0) is 18.9 Å². The van der Waals surface area contributed by atoms with E-state index in [-0.39, 0.29) is 41.0 Å². The maximum atomic E-state index is 14.2. The van der Waals surface area contributed by atoms with Crippen LogP contribution in [-0.4, -0.2) is 33.0 Å². The summed E-state index contributed by atoms with van der Waals surface area (Å²) < 4.78 is 15.5. The molecule has 1 aromatic carbocycles. The summed E-state index contributed by atoms with van der Waals surface area (Å²) in [6, 6.07) is 3.97. The molecule has 0 atom stereocenters. The third-order valence-electron chi connectivity index (χ3n) is 4.53. The van der Waals surface area contributed by atoms with Crippen molar-refractivity contribution >= 4 is 22.6 Å². The van der Waals surface area contributed by atoms with Gasteiger partial charge in [-0.2, -0.15) is 0 Å². The van der Waals surface area contributed by atoms with Crippen molar-refractivity contribution in [2.45, 2.75) is 39.3 Å². The number of carbonyl (C=O) groups excluding carboxylic acids is 1. The number of fused-ring (bicyclic) bond motifs is 1. The number of carboxylic acids is 1. The maximum absolute atomic E-state index is 14.2. The lowest BCUT2D eigenvalue weighted by Crippen LogP contribution is -2.33. The smallest absolute Gasteiger partial charge is 0.338 e. The van der Waals surface area contributed by atoms with Crippen molar-refractivity contribution in [1.29, 1.82) is 0 Å². The molecule has 1 aliphatic rings. The summed E-state index contributed by atoms with van der Waals surface area (Å²) in [5.41, 5.74) is -0.406. The first-order valence-electron chi connectivity index (χ1n) is 8.30. The third kappa shape index (κ3) is 2.90. The summed E-state index contributed by atoms with van der Waals surface area (Å²) in [6.45, 7) is 2.69. The summed E-state index contributed by atoms with van der Waals surface area (Å²) in [7, 11) is 0. The molecule has 7 heteroatoms. The molecule has 1 fully saturated rings. The second kappa shape index (κ2) is 6.66. The van der Waals surface area contributed by atoms with E-state index >= 15 is 0 Å². The van der Waals surface area contributed by atoms with Gasteiger partial charge >= 0.3 is 5.97 Å². The molecule has 6 nitrogen and oxygen atoms in total. The molecule has 3 rings (SSSR count). The number of rotatable bonds is 5. The second-order valence-electron chi connectivity index (χ2n) is 6.16. The first-order chi connectivity index (χ1) is 12.0. The fourth-order valence-corrected chi connectivity index (χ4v) is 3.41. The Hall–Kier alpha value is -2.70. The highest BCUT2D eigenvalue weighted by molar-refractivity contribution is 6.04. The number of halogens is 1. The first-order valence-corrected chi connectivity index (χ1v) is 8.30. The maximum Gasteiger partial charge on any atom is 0.338 e. The van der Waals surface area contributed by atoms with Crippen LogP contribution in [0.2, 0.25) is 0 Å². The SMILES string of the molecule is CCCn1c(CN2CCCC2=O)c(C(=O)O)c2cccc(F)c2c1=O. The van der Waals surface area contributed by atoms with Gasteiger partial charge in [-0.25, -0.2) is 9.18 Å². The number of nitrogens with zero attached hydrogens (tertiary/aromatic N) is 2. The van der Waals surface area contributed by atoms with Gasteiger partial charge in [-0.15, -0.1) is 0 Å². The molecule has 2 heterocycles. The van der Waals surface area contributed by atoms with Crippen LogP contribution in [0.25, 0.3) is 10.8 Å². The van der Waals surface area contributed by atoms with Crippen molar-refractivity contribution < 1.29 is 19.1 Å². The number of carbonyl (C=O) groups is 2. The Morgan fingerprint density at radius 3 is 2.68 bits per heavy atom. The molecule has 25 heavy (non-hydrogen) atoms. The molecule has 0 radical (unpaired) electrons. The molecule has 0 saturated carbocycles. The summed E-state index contributed by atoms with van der Waals surface area (Å²) in [5.74, 6) is -2.04. The van der Waals surface area contributed by atoms with Crippen molar-refractivity contribution in [3.05, 3.63) is 45.6 Å². The zero-order valence-corrected chi connectivity index (χ0v) is 13.9. The van der Waals surface area contributed by atoms with E-state index in [4.69, 9.17) is 0 Å². The molecule has 1 aromatic heterocycles. The Labute approximate surface area is 143 Å². The Morgan fingerprint density at radius 1 is 1.32 bits per heavy atom. The van der Waals surface area contributed by atoms with Crippen LogP contribution in [0.3, 0.4) is 0 Å². The van der Waals surface area contributed by atoms with E-state index in [1.807, 2.05) is 6.92 Å². The molecule has 1 aliphatic heterocycles. The quantitative estimate of drug-likeness (QED) is 0.901. The number of benzene rings is 1. The molecule has 0 bridgehead atoms. The minimum atomic E-state index is -1.23. The van der Waals surface area contributed by atoms with Crippen molar-refractivity contribution in [1.82, 2.24) is 9.47 Å². The number of likely N-dealkylation sites (tertiary alicyclic amines) is 1. The van der Waals surface area contributed by atoms with Crippen LogP contribution >= 0.6 is 0 Å². The molecular weight excluding hydrogens is 327 g/mol. The molecule has 0 aliphatic carbocycles. The van der Waals surface area contributed by atoms with E-state index in [9.17, 15) is 23.9 Å². The molecule has 1 saturated heterocycles. The largest absolute Gasteiger partial charge is 0.478 e. The zero-order valence-electron chi connectivity index (χ0n) is 13.9. The topological polar surface area (TPSA) is 79.6 Å². The van der Waals surface area contributed by atoms with E-state index in [2.05, 4.69) is 0 Å². The normalized spacial score (nSPS) is 14.5. The van der Waals surface area contributed by atoms with Gasteiger partial charge in [-0.3, -0.25) is 9.59 Å². The number of pyridine rings is 1. The van der Waals surface area contributed by atoms with Gasteiger partial charge in [0.25, 0.3) is 5.56 Å². The standard InChI is InChI=1S/C18H19FN2O4/c1-2-8-21-13(10-20-9-4-7-14(20)22)16(18(24)25)11-5-3-6-12(19)15(11)17(21)23/h3,5-6H,2,4,7-10H2,1H3,(H,24,25). The van der Waals surface area contributed by atoms with Crippen molar-refractivity contribution in [2.75, 3.05) is 6.54 Å². The average molecular weight is 346 g/mol. The van der Waals surface area contributed by atoms with Gasteiger partial charge in [0.2, 0.25) is 5.91 Å². The average Bonchev–Trinajstić information content (AvgIpc) is 2.96. The second-order valence-corrected chi connectivity index (χ2v) is 6.16. The number of hydrogen-bond donors (Lipinski definition) is 1. The van der Waals surface area contributed by atoms with Crippen LogP contribution < -0.4 is 5.56 Å². The van der Waals surface area contributed by atoms with Crippen molar-refractivity contribution in [3.63, 3.8) is 0 Å². The van der Waals surface area contributed by atoms with Crippen LogP contribution in [0, 0.1) is 5.82 Å². The number of aromatic carboxylic acids is 1. The summed E-state index contributed by atoms with van der Waals surface area (Å²) in [5, 5.41) is 9.59. The highest BCUT2D eigenvalue weighted by Gasteiger charge is 2.27. The molecule has 0 unspecified atom stereocenters. The van der Waals surface area contributed by atoms with Crippen molar-refractivity contribution in [3.8, 4) is 0 Å². The van der Waals surface area contributed by atoms with Crippen LogP contribution in [0.4, 0.5) is 4.39 Å². The predicted molar refractivity (Wildman–Crippen MR) is 90.1 cm³/mol. The van der Waals surface area contributed by atoms with E-state index in [1.54, 1.807) is 4.90 Å². The van der Waals surface area contributed by atoms with Gasteiger partial charge in [0.15, 0.2) is 0 Å². The minimum Gasteiger partial charge on any atom is -0.478 e. The lowest BCUT2D eigenvalue weighted by atomic mass is 10.0. The monoisotopic (exact) mass is 346 g/mol. The Balaban J connectivity index is 2.33. The summed E-state index contributed by atoms with van der Waals surface area (Å²) >= 11 is 0. The predicted octanol–water partition coefficient (Wildman–Crippen LogP) is 2.37. The van der Waals surface area contributed by atoms with Gasteiger partial charge in [0.05, 0.1) is 23.2 Å². The lowest BCUT2D eigenvalue weighted by Gasteiger charge is -2.22. The Morgan fingerprint density at radius 2 is 2.08 bits per heavy atom. The van der Waals surface area contributed by atoms with Gasteiger partial charge in [-0.1, -0.05) is 19.1 Å².